The van der Waals surface area contributed by atoms with Gasteiger partial charge in [-0.25, -0.2) is 4.79 Å². The zero-order valence-corrected chi connectivity index (χ0v) is 15.4. The largest absolute Gasteiger partial charge is 0.494 e. The zero-order chi connectivity index (χ0) is 17.2. The number of aromatic nitrogens is 1. The predicted molar refractivity (Wildman–Crippen MR) is 97.6 cm³/mol. The highest BCUT2D eigenvalue weighted by Crippen LogP contribution is 2.19. The smallest absolute Gasteiger partial charge is 0.345 e. The van der Waals surface area contributed by atoms with Crippen LogP contribution in [-0.2, 0) is 0 Å². The molecule has 0 spiro atoms. The molecule has 0 bridgehead atoms. The van der Waals surface area contributed by atoms with E-state index in [1.165, 1.54) is 31.9 Å². The van der Waals surface area contributed by atoms with E-state index < -0.39 is 5.97 Å². The first-order chi connectivity index (χ1) is 11.7. The number of rotatable bonds is 9. The van der Waals surface area contributed by atoms with Gasteiger partial charge in [0, 0.05) is 16.9 Å². The van der Waals surface area contributed by atoms with Crippen molar-refractivity contribution in [3.05, 3.63) is 52.8 Å². The van der Waals surface area contributed by atoms with Gasteiger partial charge in [0.1, 0.15) is 11.5 Å². The van der Waals surface area contributed by atoms with Gasteiger partial charge in [0.25, 0.3) is 0 Å². The quantitative estimate of drug-likeness (QED) is 0.325. The van der Waals surface area contributed by atoms with Crippen molar-refractivity contribution in [3.63, 3.8) is 0 Å². The van der Waals surface area contributed by atoms with E-state index in [-0.39, 0.29) is 0 Å². The number of nitrogens with zero attached hydrogens (tertiary/aromatic N) is 1. The molecular weight excluding hydrogens is 370 g/mol. The summed E-state index contributed by atoms with van der Waals surface area (Å²) in [6.07, 6.45) is 9.15. The molecule has 1 aromatic heterocycles. The third-order valence-corrected chi connectivity index (χ3v) is 3.93. The number of esters is 1. The summed E-state index contributed by atoms with van der Waals surface area (Å²) in [5.41, 5.74) is 0.400. The fourth-order valence-electron chi connectivity index (χ4n) is 2.19. The van der Waals surface area contributed by atoms with Crippen LogP contribution in [0.15, 0.2) is 47.2 Å². The third-order valence-electron chi connectivity index (χ3n) is 3.49. The van der Waals surface area contributed by atoms with Crippen molar-refractivity contribution in [2.45, 2.75) is 39.0 Å². The molecule has 4 nitrogen and oxygen atoms in total. The Hall–Kier alpha value is -1.88. The van der Waals surface area contributed by atoms with Crippen molar-refractivity contribution < 1.29 is 14.3 Å². The fourth-order valence-corrected chi connectivity index (χ4v) is 2.55. The van der Waals surface area contributed by atoms with E-state index in [4.69, 9.17) is 9.47 Å². The van der Waals surface area contributed by atoms with Crippen LogP contribution in [0.2, 0.25) is 0 Å². The van der Waals surface area contributed by atoms with Crippen molar-refractivity contribution >= 4 is 21.9 Å². The molecule has 0 amide bonds. The topological polar surface area (TPSA) is 48.4 Å². The Balaban J connectivity index is 1.78. The van der Waals surface area contributed by atoms with E-state index >= 15 is 0 Å². The van der Waals surface area contributed by atoms with Crippen molar-refractivity contribution in [1.82, 2.24) is 4.98 Å². The van der Waals surface area contributed by atoms with Crippen LogP contribution in [0.4, 0.5) is 0 Å². The molecule has 2 aromatic rings. The lowest BCUT2D eigenvalue weighted by molar-refractivity contribution is 0.0734. The maximum Gasteiger partial charge on any atom is 0.345 e. The number of carbonyl (C=O) groups excluding carboxylic acids is 1. The maximum atomic E-state index is 12.0. The number of ether oxygens (including phenoxy) is 2. The molecule has 0 unspecified atom stereocenters. The molecule has 2 rings (SSSR count). The lowest BCUT2D eigenvalue weighted by Crippen LogP contribution is -2.08. The second kappa shape index (κ2) is 10.1. The number of halogens is 1. The highest BCUT2D eigenvalue weighted by molar-refractivity contribution is 9.10. The Bertz CT molecular complexity index is 643. The molecule has 5 heteroatoms. The number of hydrogen-bond donors (Lipinski definition) is 0. The first kappa shape index (κ1) is 18.5. The SMILES string of the molecule is CCCCCCCOc1ccc(OC(=O)c2cncc(Br)c2)cc1. The molecule has 0 radical (unpaired) electrons. The van der Waals surface area contributed by atoms with E-state index in [0.717, 1.165) is 16.6 Å². The standard InChI is InChI=1S/C19H22BrNO3/c1-2-3-4-5-6-11-23-17-7-9-18(10-8-17)24-19(22)15-12-16(20)14-21-13-15/h7-10,12-14H,2-6,11H2,1H3. The number of unbranched alkanes of at least 4 members (excludes halogenated alkanes) is 4. The normalized spacial score (nSPS) is 10.4. The lowest BCUT2D eigenvalue weighted by Gasteiger charge is -2.08. The summed E-state index contributed by atoms with van der Waals surface area (Å²) < 4.78 is 11.8. The molecule has 0 saturated carbocycles. The fraction of sp³-hybridized carbons (Fsp3) is 0.368. The van der Waals surface area contributed by atoms with Gasteiger partial charge in [0.05, 0.1) is 12.2 Å². The van der Waals surface area contributed by atoms with Crippen LogP contribution in [0.3, 0.4) is 0 Å². The molecule has 0 aliphatic rings. The molecular formula is C19H22BrNO3. The van der Waals surface area contributed by atoms with Gasteiger partial charge in [-0.05, 0) is 52.7 Å². The van der Waals surface area contributed by atoms with Crippen LogP contribution in [0, 0.1) is 0 Å². The highest BCUT2D eigenvalue weighted by Gasteiger charge is 2.09. The van der Waals surface area contributed by atoms with Gasteiger partial charge in [-0.15, -0.1) is 0 Å². The van der Waals surface area contributed by atoms with Crippen molar-refractivity contribution in [3.8, 4) is 11.5 Å². The first-order valence-electron chi connectivity index (χ1n) is 8.24. The first-order valence-corrected chi connectivity index (χ1v) is 9.04. The summed E-state index contributed by atoms with van der Waals surface area (Å²) in [5, 5.41) is 0. The van der Waals surface area contributed by atoms with E-state index in [1.54, 1.807) is 24.4 Å². The van der Waals surface area contributed by atoms with E-state index in [9.17, 15) is 4.79 Å². The highest BCUT2D eigenvalue weighted by atomic mass is 79.9. The van der Waals surface area contributed by atoms with Crippen LogP contribution < -0.4 is 9.47 Å². The lowest BCUT2D eigenvalue weighted by atomic mass is 10.2. The minimum Gasteiger partial charge on any atom is -0.494 e. The van der Waals surface area contributed by atoms with Gasteiger partial charge in [0.2, 0.25) is 0 Å². The van der Waals surface area contributed by atoms with Gasteiger partial charge in [-0.2, -0.15) is 0 Å². The minimum atomic E-state index is -0.437. The number of hydrogen-bond acceptors (Lipinski definition) is 4. The Kier molecular flexibility index (Phi) is 7.75. The van der Waals surface area contributed by atoms with Crippen LogP contribution in [0.1, 0.15) is 49.4 Å². The van der Waals surface area contributed by atoms with Crippen LogP contribution in [0.5, 0.6) is 11.5 Å². The predicted octanol–water partition coefficient (Wildman–Crippen LogP) is 5.41. The summed E-state index contributed by atoms with van der Waals surface area (Å²) in [6, 6.07) is 8.76. The summed E-state index contributed by atoms with van der Waals surface area (Å²) in [4.78, 5) is 16.0. The zero-order valence-electron chi connectivity index (χ0n) is 13.8. The number of carbonyl (C=O) groups is 1. The van der Waals surface area contributed by atoms with Gasteiger partial charge in [-0.1, -0.05) is 32.6 Å². The summed E-state index contributed by atoms with van der Waals surface area (Å²) in [7, 11) is 0. The Morgan fingerprint density at radius 2 is 1.75 bits per heavy atom. The molecule has 24 heavy (non-hydrogen) atoms. The molecule has 1 aromatic carbocycles. The second-order valence-electron chi connectivity index (χ2n) is 5.52. The average Bonchev–Trinajstić information content (AvgIpc) is 2.59. The Labute approximate surface area is 151 Å². The molecule has 128 valence electrons. The number of pyridine rings is 1. The van der Waals surface area contributed by atoms with Crippen molar-refractivity contribution in [2.75, 3.05) is 6.61 Å². The minimum absolute atomic E-state index is 0.400. The molecule has 0 saturated heterocycles. The molecule has 0 atom stereocenters. The van der Waals surface area contributed by atoms with E-state index in [1.807, 2.05) is 12.1 Å². The van der Waals surface area contributed by atoms with Crippen LogP contribution in [0.25, 0.3) is 0 Å². The van der Waals surface area contributed by atoms with Gasteiger partial charge in [0.15, 0.2) is 0 Å². The van der Waals surface area contributed by atoms with Gasteiger partial charge < -0.3 is 9.47 Å². The molecule has 0 N–H and O–H groups in total. The summed E-state index contributed by atoms with van der Waals surface area (Å²) in [5.74, 6) is 0.832. The second-order valence-corrected chi connectivity index (χ2v) is 6.43. The Morgan fingerprint density at radius 3 is 2.46 bits per heavy atom. The van der Waals surface area contributed by atoms with Gasteiger partial charge >= 0.3 is 5.97 Å². The van der Waals surface area contributed by atoms with Crippen LogP contribution >= 0.6 is 15.9 Å². The van der Waals surface area contributed by atoms with E-state index in [2.05, 4.69) is 27.8 Å². The molecule has 0 aliphatic heterocycles. The molecule has 0 aliphatic carbocycles. The molecule has 0 fully saturated rings. The van der Waals surface area contributed by atoms with Gasteiger partial charge in [-0.3, -0.25) is 4.98 Å². The Morgan fingerprint density at radius 1 is 1.04 bits per heavy atom. The van der Waals surface area contributed by atoms with Crippen molar-refractivity contribution in [1.29, 1.82) is 0 Å². The summed E-state index contributed by atoms with van der Waals surface area (Å²) >= 11 is 3.28. The maximum absolute atomic E-state index is 12.0. The summed E-state index contributed by atoms with van der Waals surface area (Å²) in [6.45, 7) is 2.92. The third kappa shape index (κ3) is 6.32. The van der Waals surface area contributed by atoms with Crippen molar-refractivity contribution in [2.24, 2.45) is 0 Å². The monoisotopic (exact) mass is 391 g/mol. The van der Waals surface area contributed by atoms with Crippen LogP contribution in [-0.4, -0.2) is 17.6 Å². The molecule has 1 heterocycles. The average molecular weight is 392 g/mol. The number of benzene rings is 1. The van der Waals surface area contributed by atoms with E-state index in [0.29, 0.717) is 17.9 Å².